The third kappa shape index (κ3) is 6.40. The Bertz CT molecular complexity index is 627. The Morgan fingerprint density at radius 1 is 1.29 bits per heavy atom. The quantitative estimate of drug-likeness (QED) is 0.629. The van der Waals surface area contributed by atoms with Crippen LogP contribution in [0.5, 0.6) is 0 Å². The van der Waals surface area contributed by atoms with Crippen LogP contribution >= 0.6 is 0 Å². The van der Waals surface area contributed by atoms with E-state index in [-0.39, 0.29) is 24.8 Å². The SMILES string of the molecule is CNS(=O)(=O)CCNC(=O)c1ccc(C#CCCO)cc1. The molecular weight excluding hydrogens is 292 g/mol. The summed E-state index contributed by atoms with van der Waals surface area (Å²) >= 11 is 0. The second kappa shape index (κ2) is 8.42. The van der Waals surface area contributed by atoms with Crippen molar-refractivity contribution >= 4 is 15.9 Å². The number of carbonyl (C=O) groups excluding carboxylic acids is 1. The van der Waals surface area contributed by atoms with E-state index in [9.17, 15) is 13.2 Å². The molecule has 21 heavy (non-hydrogen) atoms. The molecule has 0 heterocycles. The Morgan fingerprint density at radius 3 is 2.52 bits per heavy atom. The zero-order chi connectivity index (χ0) is 15.7. The van der Waals surface area contributed by atoms with Gasteiger partial charge in [0.05, 0.1) is 12.4 Å². The Hall–Kier alpha value is -1.88. The lowest BCUT2D eigenvalue weighted by atomic mass is 10.1. The molecule has 0 aliphatic carbocycles. The highest BCUT2D eigenvalue weighted by molar-refractivity contribution is 7.89. The van der Waals surface area contributed by atoms with E-state index >= 15 is 0 Å². The first-order valence-corrected chi connectivity index (χ1v) is 8.03. The Morgan fingerprint density at radius 2 is 1.95 bits per heavy atom. The van der Waals surface area contributed by atoms with Gasteiger partial charge in [0.1, 0.15) is 0 Å². The van der Waals surface area contributed by atoms with E-state index in [0.717, 1.165) is 5.56 Å². The van der Waals surface area contributed by atoms with Crippen molar-refractivity contribution in [3.63, 3.8) is 0 Å². The molecule has 0 saturated carbocycles. The summed E-state index contributed by atoms with van der Waals surface area (Å²) in [6, 6.07) is 6.63. The molecule has 114 valence electrons. The van der Waals surface area contributed by atoms with Crippen molar-refractivity contribution < 1.29 is 18.3 Å². The highest BCUT2D eigenvalue weighted by atomic mass is 32.2. The molecule has 6 nitrogen and oxygen atoms in total. The average Bonchev–Trinajstić information content (AvgIpc) is 2.48. The summed E-state index contributed by atoms with van der Waals surface area (Å²) in [5.41, 5.74) is 1.18. The molecule has 1 aromatic carbocycles. The van der Waals surface area contributed by atoms with Gasteiger partial charge in [-0.3, -0.25) is 4.79 Å². The predicted octanol–water partition coefficient (Wildman–Crippen LogP) is -0.300. The lowest BCUT2D eigenvalue weighted by molar-refractivity contribution is 0.0956. The summed E-state index contributed by atoms with van der Waals surface area (Å²) in [6.07, 6.45) is 0.405. The number of benzene rings is 1. The molecule has 3 N–H and O–H groups in total. The Balaban J connectivity index is 2.54. The fraction of sp³-hybridized carbons (Fsp3) is 0.357. The first kappa shape index (κ1) is 17.2. The van der Waals surface area contributed by atoms with E-state index in [4.69, 9.17) is 5.11 Å². The van der Waals surface area contributed by atoms with Crippen molar-refractivity contribution in [2.45, 2.75) is 6.42 Å². The molecule has 0 bridgehead atoms. The summed E-state index contributed by atoms with van der Waals surface area (Å²) in [7, 11) is -1.99. The van der Waals surface area contributed by atoms with Crippen molar-refractivity contribution in [3.8, 4) is 11.8 Å². The molecule has 0 aromatic heterocycles. The number of aliphatic hydroxyl groups is 1. The number of hydrogen-bond donors (Lipinski definition) is 3. The molecule has 7 heteroatoms. The van der Waals surface area contributed by atoms with E-state index in [0.29, 0.717) is 12.0 Å². The third-order valence-corrected chi connectivity index (χ3v) is 3.95. The number of amides is 1. The standard InChI is InChI=1S/C14H18N2O4S/c1-15-21(19,20)11-9-16-14(18)13-7-5-12(6-8-13)4-2-3-10-17/h5-8,15,17H,3,9-11H2,1H3,(H,16,18). The lowest BCUT2D eigenvalue weighted by Gasteiger charge is -2.05. The zero-order valence-electron chi connectivity index (χ0n) is 11.7. The van der Waals surface area contributed by atoms with Crippen LogP contribution in [0, 0.1) is 11.8 Å². The summed E-state index contributed by atoms with van der Waals surface area (Å²) < 4.78 is 24.6. The summed E-state index contributed by atoms with van der Waals surface area (Å²) in [5.74, 6) is 5.13. The van der Waals surface area contributed by atoms with Crippen LogP contribution < -0.4 is 10.0 Å². The summed E-state index contributed by atoms with van der Waals surface area (Å²) in [6.45, 7) is 0.0586. The maximum Gasteiger partial charge on any atom is 0.251 e. The average molecular weight is 310 g/mol. The number of hydrogen-bond acceptors (Lipinski definition) is 4. The van der Waals surface area contributed by atoms with Crippen molar-refractivity contribution in [1.82, 2.24) is 10.0 Å². The molecule has 0 saturated heterocycles. The van der Waals surface area contributed by atoms with Crippen LogP contribution in [-0.2, 0) is 10.0 Å². The molecule has 0 radical (unpaired) electrons. The van der Waals surface area contributed by atoms with Gasteiger partial charge in [-0.25, -0.2) is 13.1 Å². The molecule has 0 aliphatic rings. The fourth-order valence-corrected chi connectivity index (χ4v) is 2.00. The van der Waals surface area contributed by atoms with E-state index in [1.165, 1.54) is 7.05 Å². The number of aliphatic hydroxyl groups excluding tert-OH is 1. The molecule has 0 spiro atoms. The lowest BCUT2D eigenvalue weighted by Crippen LogP contribution is -2.32. The van der Waals surface area contributed by atoms with Gasteiger partial charge in [0.25, 0.3) is 5.91 Å². The minimum Gasteiger partial charge on any atom is -0.395 e. The molecule has 1 amide bonds. The van der Waals surface area contributed by atoms with Gasteiger partial charge in [-0.15, -0.1) is 0 Å². The van der Waals surface area contributed by atoms with Gasteiger partial charge in [-0.1, -0.05) is 11.8 Å². The van der Waals surface area contributed by atoms with Gasteiger partial charge in [-0.05, 0) is 31.3 Å². The minimum atomic E-state index is -3.32. The summed E-state index contributed by atoms with van der Waals surface area (Å²) in [5, 5.41) is 11.1. The number of nitrogens with one attached hydrogen (secondary N) is 2. The Labute approximate surface area is 124 Å². The van der Waals surface area contributed by atoms with Crippen LogP contribution in [0.25, 0.3) is 0 Å². The normalized spacial score (nSPS) is 10.6. The van der Waals surface area contributed by atoms with Crippen LogP contribution in [0.4, 0.5) is 0 Å². The monoisotopic (exact) mass is 310 g/mol. The number of rotatable bonds is 6. The van der Waals surface area contributed by atoms with Crippen molar-refractivity contribution in [2.24, 2.45) is 0 Å². The zero-order valence-corrected chi connectivity index (χ0v) is 12.5. The van der Waals surface area contributed by atoms with E-state index in [1.54, 1.807) is 24.3 Å². The first-order valence-electron chi connectivity index (χ1n) is 6.37. The Kier molecular flexibility index (Phi) is 6.88. The predicted molar refractivity (Wildman–Crippen MR) is 80.2 cm³/mol. The van der Waals surface area contributed by atoms with Crippen LogP contribution in [0.3, 0.4) is 0 Å². The van der Waals surface area contributed by atoms with Crippen molar-refractivity contribution in [2.75, 3.05) is 26.0 Å². The van der Waals surface area contributed by atoms with E-state index in [2.05, 4.69) is 21.9 Å². The topological polar surface area (TPSA) is 95.5 Å². The van der Waals surface area contributed by atoms with Gasteiger partial charge < -0.3 is 10.4 Å². The van der Waals surface area contributed by atoms with Gasteiger partial charge in [0.15, 0.2) is 0 Å². The first-order chi connectivity index (χ1) is 9.98. The fourth-order valence-electron chi connectivity index (χ4n) is 1.43. The maximum atomic E-state index is 11.8. The van der Waals surface area contributed by atoms with Crippen molar-refractivity contribution in [1.29, 1.82) is 0 Å². The van der Waals surface area contributed by atoms with Gasteiger partial charge in [0, 0.05) is 24.1 Å². The minimum absolute atomic E-state index is 0.0169. The van der Waals surface area contributed by atoms with Crippen molar-refractivity contribution in [3.05, 3.63) is 35.4 Å². The number of carbonyl (C=O) groups is 1. The van der Waals surface area contributed by atoms with E-state index < -0.39 is 10.0 Å². The molecule has 1 aromatic rings. The van der Waals surface area contributed by atoms with Gasteiger partial charge in [-0.2, -0.15) is 0 Å². The van der Waals surface area contributed by atoms with Crippen LogP contribution in [0.15, 0.2) is 24.3 Å². The van der Waals surface area contributed by atoms with Crippen LogP contribution in [-0.4, -0.2) is 45.4 Å². The molecular formula is C14H18N2O4S. The summed E-state index contributed by atoms with van der Waals surface area (Å²) in [4.78, 5) is 11.8. The van der Waals surface area contributed by atoms with Crippen LogP contribution in [0.2, 0.25) is 0 Å². The highest BCUT2D eigenvalue weighted by Gasteiger charge is 2.09. The van der Waals surface area contributed by atoms with Gasteiger partial charge in [0.2, 0.25) is 10.0 Å². The molecule has 0 aliphatic heterocycles. The second-order valence-corrected chi connectivity index (χ2v) is 6.18. The van der Waals surface area contributed by atoms with E-state index in [1.807, 2.05) is 0 Å². The van der Waals surface area contributed by atoms with Crippen LogP contribution in [0.1, 0.15) is 22.3 Å². The highest BCUT2D eigenvalue weighted by Crippen LogP contribution is 2.03. The largest absolute Gasteiger partial charge is 0.395 e. The molecule has 0 fully saturated rings. The maximum absolute atomic E-state index is 11.8. The number of sulfonamides is 1. The molecule has 1 rings (SSSR count). The van der Waals surface area contributed by atoms with Gasteiger partial charge >= 0.3 is 0 Å². The smallest absolute Gasteiger partial charge is 0.251 e. The third-order valence-electron chi connectivity index (χ3n) is 2.58. The molecule has 0 atom stereocenters. The second-order valence-electron chi connectivity index (χ2n) is 4.13. The molecule has 0 unspecified atom stereocenters.